The van der Waals surface area contributed by atoms with Gasteiger partial charge in [0.25, 0.3) is 0 Å². The number of methoxy groups -OCH3 is 1. The van der Waals surface area contributed by atoms with E-state index in [0.29, 0.717) is 5.69 Å². The fourth-order valence-electron chi connectivity index (χ4n) is 2.04. The van der Waals surface area contributed by atoms with Gasteiger partial charge >= 0.3 is 0 Å². The molecular formula is C15H10ClFN2O. The monoisotopic (exact) mass is 288 g/mol. The van der Waals surface area contributed by atoms with Gasteiger partial charge in [0.2, 0.25) is 0 Å². The molecule has 0 spiro atoms. The van der Waals surface area contributed by atoms with E-state index < -0.39 is 5.82 Å². The average Bonchev–Trinajstić information content (AvgIpc) is 2.49. The molecule has 0 unspecified atom stereocenters. The van der Waals surface area contributed by atoms with Crippen LogP contribution in [-0.2, 0) is 0 Å². The van der Waals surface area contributed by atoms with Gasteiger partial charge in [0.15, 0.2) is 0 Å². The van der Waals surface area contributed by atoms with Gasteiger partial charge < -0.3 is 4.74 Å². The molecule has 0 bridgehead atoms. The molecule has 0 fully saturated rings. The van der Waals surface area contributed by atoms with E-state index in [1.54, 1.807) is 19.2 Å². The Morgan fingerprint density at radius 3 is 2.70 bits per heavy atom. The van der Waals surface area contributed by atoms with E-state index in [4.69, 9.17) is 16.3 Å². The molecule has 3 aromatic rings. The van der Waals surface area contributed by atoms with Gasteiger partial charge in [-0.25, -0.2) is 14.4 Å². The van der Waals surface area contributed by atoms with E-state index in [0.717, 1.165) is 22.2 Å². The lowest BCUT2D eigenvalue weighted by atomic mass is 10.1. The van der Waals surface area contributed by atoms with Crippen LogP contribution in [0.5, 0.6) is 5.75 Å². The van der Waals surface area contributed by atoms with E-state index in [9.17, 15) is 4.39 Å². The molecule has 0 saturated heterocycles. The van der Waals surface area contributed by atoms with Crippen molar-refractivity contribution in [3.05, 3.63) is 53.6 Å². The zero-order chi connectivity index (χ0) is 14.1. The van der Waals surface area contributed by atoms with Crippen molar-refractivity contribution in [2.75, 3.05) is 7.11 Å². The molecule has 0 saturated carbocycles. The summed E-state index contributed by atoms with van der Waals surface area (Å²) < 4.78 is 18.4. The first-order valence-electron chi connectivity index (χ1n) is 5.93. The summed E-state index contributed by atoms with van der Waals surface area (Å²) in [6, 6.07) is 10.1. The predicted molar refractivity (Wildman–Crippen MR) is 76.5 cm³/mol. The van der Waals surface area contributed by atoms with E-state index >= 15 is 0 Å². The van der Waals surface area contributed by atoms with Crippen LogP contribution in [-0.4, -0.2) is 17.1 Å². The van der Waals surface area contributed by atoms with Crippen molar-refractivity contribution < 1.29 is 9.13 Å². The zero-order valence-electron chi connectivity index (χ0n) is 10.6. The highest BCUT2D eigenvalue weighted by molar-refractivity contribution is 6.31. The van der Waals surface area contributed by atoms with Crippen LogP contribution in [0, 0.1) is 5.82 Å². The Bertz CT molecular complexity index is 792. The van der Waals surface area contributed by atoms with Crippen molar-refractivity contribution in [2.24, 2.45) is 0 Å². The molecule has 20 heavy (non-hydrogen) atoms. The van der Waals surface area contributed by atoms with Crippen LogP contribution < -0.4 is 4.74 Å². The van der Waals surface area contributed by atoms with Gasteiger partial charge in [0, 0.05) is 17.0 Å². The van der Waals surface area contributed by atoms with Crippen LogP contribution in [0.3, 0.4) is 0 Å². The van der Waals surface area contributed by atoms with Crippen LogP contribution in [0.25, 0.3) is 22.2 Å². The molecule has 0 radical (unpaired) electrons. The van der Waals surface area contributed by atoms with Gasteiger partial charge in [-0.05, 0) is 30.3 Å². The number of hydrogen-bond acceptors (Lipinski definition) is 3. The zero-order valence-corrected chi connectivity index (χ0v) is 11.4. The number of hydrogen-bond donors (Lipinski definition) is 0. The van der Waals surface area contributed by atoms with Gasteiger partial charge in [-0.1, -0.05) is 11.6 Å². The summed E-state index contributed by atoms with van der Waals surface area (Å²) >= 11 is 5.82. The van der Waals surface area contributed by atoms with Gasteiger partial charge in [-0.3, -0.25) is 0 Å². The van der Waals surface area contributed by atoms with Gasteiger partial charge in [0.1, 0.15) is 17.9 Å². The molecule has 0 N–H and O–H groups in total. The molecule has 0 amide bonds. The summed E-state index contributed by atoms with van der Waals surface area (Å²) in [4.78, 5) is 8.49. The standard InChI is InChI=1S/C15H10ClFN2O/c1-20-10-3-4-11-14(7-10)18-8-19-15(11)9-2-5-13(17)12(16)6-9/h2-8H,1H3. The maximum Gasteiger partial charge on any atom is 0.141 e. The largest absolute Gasteiger partial charge is 0.497 e. The van der Waals surface area contributed by atoms with Crippen molar-refractivity contribution in [3.8, 4) is 17.0 Å². The average molecular weight is 289 g/mol. The van der Waals surface area contributed by atoms with Crippen molar-refractivity contribution in [3.63, 3.8) is 0 Å². The number of rotatable bonds is 2. The van der Waals surface area contributed by atoms with Crippen LogP contribution in [0.15, 0.2) is 42.7 Å². The Kier molecular flexibility index (Phi) is 3.24. The number of aromatic nitrogens is 2. The van der Waals surface area contributed by atoms with Crippen LogP contribution in [0.2, 0.25) is 5.02 Å². The number of ether oxygens (including phenoxy) is 1. The highest BCUT2D eigenvalue weighted by atomic mass is 35.5. The second-order valence-electron chi connectivity index (χ2n) is 4.23. The fraction of sp³-hybridized carbons (Fsp3) is 0.0667. The van der Waals surface area contributed by atoms with Crippen molar-refractivity contribution in [1.29, 1.82) is 0 Å². The Hall–Kier alpha value is -2.20. The molecule has 0 aliphatic heterocycles. The third kappa shape index (κ3) is 2.18. The lowest BCUT2D eigenvalue weighted by molar-refractivity contribution is 0.415. The van der Waals surface area contributed by atoms with Crippen molar-refractivity contribution in [1.82, 2.24) is 9.97 Å². The SMILES string of the molecule is COc1ccc2c(-c3ccc(F)c(Cl)c3)ncnc2c1. The van der Waals surface area contributed by atoms with Crippen LogP contribution in [0.1, 0.15) is 0 Å². The second-order valence-corrected chi connectivity index (χ2v) is 4.64. The van der Waals surface area contributed by atoms with E-state index in [1.165, 1.54) is 12.4 Å². The molecule has 1 heterocycles. The molecular weight excluding hydrogens is 279 g/mol. The number of benzene rings is 2. The van der Waals surface area contributed by atoms with Gasteiger partial charge in [-0.2, -0.15) is 0 Å². The topological polar surface area (TPSA) is 35.0 Å². The van der Waals surface area contributed by atoms with Gasteiger partial charge in [-0.15, -0.1) is 0 Å². The van der Waals surface area contributed by atoms with Crippen LogP contribution in [0.4, 0.5) is 4.39 Å². The molecule has 3 rings (SSSR count). The lowest BCUT2D eigenvalue weighted by Gasteiger charge is -2.07. The highest BCUT2D eigenvalue weighted by Crippen LogP contribution is 2.29. The first kappa shape index (κ1) is 12.8. The summed E-state index contributed by atoms with van der Waals surface area (Å²) in [6.07, 6.45) is 1.47. The van der Waals surface area contributed by atoms with E-state index in [-0.39, 0.29) is 5.02 Å². The van der Waals surface area contributed by atoms with Gasteiger partial charge in [0.05, 0.1) is 23.3 Å². The molecule has 2 aromatic carbocycles. The molecule has 5 heteroatoms. The minimum Gasteiger partial charge on any atom is -0.497 e. The molecule has 1 aromatic heterocycles. The molecule has 0 aliphatic carbocycles. The van der Waals surface area contributed by atoms with E-state index in [2.05, 4.69) is 9.97 Å². The Morgan fingerprint density at radius 2 is 1.95 bits per heavy atom. The summed E-state index contributed by atoms with van der Waals surface area (Å²) in [6.45, 7) is 0. The summed E-state index contributed by atoms with van der Waals surface area (Å²) in [7, 11) is 1.60. The quantitative estimate of drug-likeness (QED) is 0.712. The molecule has 0 atom stereocenters. The highest BCUT2D eigenvalue weighted by Gasteiger charge is 2.09. The Labute approximate surface area is 120 Å². The maximum atomic E-state index is 13.2. The fourth-order valence-corrected chi connectivity index (χ4v) is 2.22. The molecule has 100 valence electrons. The minimum atomic E-state index is -0.449. The van der Waals surface area contributed by atoms with Crippen molar-refractivity contribution >= 4 is 22.5 Å². The Morgan fingerprint density at radius 1 is 1.10 bits per heavy atom. The summed E-state index contributed by atoms with van der Waals surface area (Å²) in [5.74, 6) is 0.273. The summed E-state index contributed by atoms with van der Waals surface area (Å²) in [5.41, 5.74) is 2.21. The van der Waals surface area contributed by atoms with E-state index in [1.807, 2.05) is 18.2 Å². The number of nitrogens with zero attached hydrogens (tertiary/aromatic N) is 2. The smallest absolute Gasteiger partial charge is 0.141 e. The first-order valence-corrected chi connectivity index (χ1v) is 6.31. The minimum absolute atomic E-state index is 0.0720. The number of fused-ring (bicyclic) bond motifs is 1. The summed E-state index contributed by atoms with van der Waals surface area (Å²) in [5, 5.41) is 0.929. The normalized spacial score (nSPS) is 10.8. The molecule has 3 nitrogen and oxygen atoms in total. The first-order chi connectivity index (χ1) is 9.69. The maximum absolute atomic E-state index is 13.2. The third-order valence-corrected chi connectivity index (χ3v) is 3.33. The lowest BCUT2D eigenvalue weighted by Crippen LogP contribution is -1.91. The Balaban J connectivity index is 2.22. The third-order valence-electron chi connectivity index (χ3n) is 3.04. The molecule has 0 aliphatic rings. The van der Waals surface area contributed by atoms with Crippen LogP contribution >= 0.6 is 11.6 Å². The predicted octanol–water partition coefficient (Wildman–Crippen LogP) is 4.10. The second kappa shape index (κ2) is 5.06. The van der Waals surface area contributed by atoms with Crippen molar-refractivity contribution in [2.45, 2.75) is 0 Å². The number of halogens is 2.